The van der Waals surface area contributed by atoms with E-state index in [9.17, 15) is 19.2 Å². The minimum absolute atomic E-state index is 0.224. The fourth-order valence-corrected chi connectivity index (χ4v) is 3.83. The maximum absolute atomic E-state index is 13.3. The third-order valence-corrected chi connectivity index (χ3v) is 5.57. The second kappa shape index (κ2) is 10.2. The number of para-hydroxylation sites is 2. The molecule has 0 saturated heterocycles. The van der Waals surface area contributed by atoms with Gasteiger partial charge in [-0.15, -0.1) is 0 Å². The molecule has 1 aliphatic rings. The highest BCUT2D eigenvalue weighted by atomic mass is 16.6. The summed E-state index contributed by atoms with van der Waals surface area (Å²) in [6, 6.07) is 20.5. The molecule has 0 bridgehead atoms. The van der Waals surface area contributed by atoms with Crippen LogP contribution in [-0.4, -0.2) is 41.2 Å². The van der Waals surface area contributed by atoms with Crippen molar-refractivity contribution < 1.29 is 28.7 Å². The molecule has 3 aromatic carbocycles. The zero-order valence-electron chi connectivity index (χ0n) is 19.3. The molecule has 0 spiro atoms. The molecule has 1 heterocycles. The van der Waals surface area contributed by atoms with Gasteiger partial charge in [0, 0.05) is 5.56 Å². The van der Waals surface area contributed by atoms with Crippen molar-refractivity contribution in [2.75, 3.05) is 11.9 Å². The van der Waals surface area contributed by atoms with E-state index in [1.54, 1.807) is 66.7 Å². The van der Waals surface area contributed by atoms with Gasteiger partial charge in [-0.25, -0.2) is 4.79 Å². The molecule has 0 aliphatic carbocycles. The van der Waals surface area contributed by atoms with Crippen molar-refractivity contribution >= 4 is 29.4 Å². The zero-order chi connectivity index (χ0) is 24.9. The van der Waals surface area contributed by atoms with E-state index in [1.165, 1.54) is 19.1 Å². The van der Waals surface area contributed by atoms with Crippen LogP contribution in [0.1, 0.15) is 46.2 Å². The number of hydrogen-bond acceptors (Lipinski definition) is 6. The first kappa shape index (κ1) is 23.7. The van der Waals surface area contributed by atoms with E-state index in [2.05, 4.69) is 5.32 Å². The number of carbonyl (C=O) groups excluding carboxylic acids is 4. The van der Waals surface area contributed by atoms with Crippen molar-refractivity contribution in [3.8, 4) is 5.75 Å². The third kappa shape index (κ3) is 4.77. The molecule has 178 valence electrons. The van der Waals surface area contributed by atoms with E-state index in [0.717, 1.165) is 4.90 Å². The number of fused-ring (bicyclic) bond motifs is 1. The van der Waals surface area contributed by atoms with Crippen LogP contribution in [0.5, 0.6) is 5.75 Å². The highest BCUT2D eigenvalue weighted by Crippen LogP contribution is 2.29. The predicted octanol–water partition coefficient (Wildman–Crippen LogP) is 3.99. The van der Waals surface area contributed by atoms with Crippen molar-refractivity contribution in [1.82, 2.24) is 4.90 Å². The Hall–Kier alpha value is -4.46. The molecule has 1 aliphatic heterocycles. The summed E-state index contributed by atoms with van der Waals surface area (Å²) in [5.74, 6) is -2.18. The lowest BCUT2D eigenvalue weighted by atomic mass is 10.1. The van der Waals surface area contributed by atoms with Crippen molar-refractivity contribution in [2.45, 2.75) is 26.0 Å². The lowest BCUT2D eigenvalue weighted by molar-refractivity contribution is -0.158. The van der Waals surface area contributed by atoms with Crippen LogP contribution >= 0.6 is 0 Å². The normalized spacial score (nSPS) is 14.2. The van der Waals surface area contributed by atoms with Gasteiger partial charge in [-0.3, -0.25) is 19.3 Å². The van der Waals surface area contributed by atoms with Crippen LogP contribution in [0.15, 0.2) is 78.9 Å². The van der Waals surface area contributed by atoms with Gasteiger partial charge in [0.1, 0.15) is 11.8 Å². The maximum atomic E-state index is 13.3. The van der Waals surface area contributed by atoms with E-state index in [-0.39, 0.29) is 11.1 Å². The van der Waals surface area contributed by atoms with Crippen molar-refractivity contribution in [2.24, 2.45) is 0 Å². The monoisotopic (exact) mass is 472 g/mol. The summed E-state index contributed by atoms with van der Waals surface area (Å²) in [7, 11) is 0. The molecular weight excluding hydrogens is 448 g/mol. The number of amides is 3. The molecular formula is C27H24N2O6. The Bertz CT molecular complexity index is 1240. The molecule has 3 aromatic rings. The van der Waals surface area contributed by atoms with Gasteiger partial charge in [-0.2, -0.15) is 0 Å². The van der Waals surface area contributed by atoms with Crippen LogP contribution in [-0.2, 0) is 14.3 Å². The summed E-state index contributed by atoms with van der Waals surface area (Å²) in [6.45, 7) is 3.63. The predicted molar refractivity (Wildman–Crippen MR) is 128 cm³/mol. The second-order valence-corrected chi connectivity index (χ2v) is 7.85. The summed E-state index contributed by atoms with van der Waals surface area (Å²) >= 11 is 0. The first-order chi connectivity index (χ1) is 16.9. The fraction of sp³-hybridized carbons (Fsp3) is 0.185. The number of hydrogen-bond donors (Lipinski definition) is 1. The standard InChI is InChI=1S/C27H24N2O6/c1-3-34-22-16-10-9-15-21(22)28-24(30)23(18-11-5-4-6-12-18)35-27(33)17(2)29-25(31)19-13-7-8-14-20(19)26(29)32/h4-17,23H,3H2,1-2H3,(H,28,30)/t17-,23-/m1/s1. The fourth-order valence-electron chi connectivity index (χ4n) is 3.83. The molecule has 4 rings (SSSR count). The quantitative estimate of drug-likeness (QED) is 0.393. The van der Waals surface area contributed by atoms with Crippen LogP contribution in [0.2, 0.25) is 0 Å². The van der Waals surface area contributed by atoms with E-state index in [4.69, 9.17) is 9.47 Å². The van der Waals surface area contributed by atoms with Gasteiger partial charge in [0.15, 0.2) is 0 Å². The second-order valence-electron chi connectivity index (χ2n) is 7.85. The highest BCUT2D eigenvalue weighted by Gasteiger charge is 2.42. The van der Waals surface area contributed by atoms with E-state index < -0.39 is 35.8 Å². The minimum atomic E-state index is -1.32. The summed E-state index contributed by atoms with van der Waals surface area (Å²) in [5, 5.41) is 2.75. The van der Waals surface area contributed by atoms with Crippen molar-refractivity contribution in [3.05, 3.63) is 95.6 Å². The molecule has 0 radical (unpaired) electrons. The average Bonchev–Trinajstić information content (AvgIpc) is 3.13. The molecule has 3 amide bonds. The van der Waals surface area contributed by atoms with Crippen molar-refractivity contribution in [3.63, 3.8) is 0 Å². The number of esters is 1. The molecule has 0 fully saturated rings. The average molecular weight is 472 g/mol. The Kier molecular flexibility index (Phi) is 6.91. The Labute approximate surface area is 202 Å². The Morgan fingerprint density at radius 3 is 2.06 bits per heavy atom. The highest BCUT2D eigenvalue weighted by molar-refractivity contribution is 6.22. The lowest BCUT2D eigenvalue weighted by Crippen LogP contribution is -2.44. The topological polar surface area (TPSA) is 102 Å². The molecule has 0 saturated carbocycles. The zero-order valence-corrected chi connectivity index (χ0v) is 19.3. The molecule has 2 atom stereocenters. The Morgan fingerprint density at radius 2 is 1.43 bits per heavy atom. The number of imide groups is 1. The van der Waals surface area contributed by atoms with Crippen LogP contribution in [0.4, 0.5) is 5.69 Å². The molecule has 0 unspecified atom stereocenters. The number of rotatable bonds is 8. The van der Waals surface area contributed by atoms with Gasteiger partial charge < -0.3 is 14.8 Å². The Balaban J connectivity index is 1.57. The van der Waals surface area contributed by atoms with Crippen LogP contribution in [0, 0.1) is 0 Å². The molecule has 1 N–H and O–H groups in total. The number of nitrogens with zero attached hydrogens (tertiary/aromatic N) is 1. The summed E-state index contributed by atoms with van der Waals surface area (Å²) in [5.41, 5.74) is 1.30. The largest absolute Gasteiger partial charge is 0.492 e. The van der Waals surface area contributed by atoms with Gasteiger partial charge in [-0.05, 0) is 38.1 Å². The first-order valence-corrected chi connectivity index (χ1v) is 11.2. The van der Waals surface area contributed by atoms with Gasteiger partial charge in [0.25, 0.3) is 17.7 Å². The van der Waals surface area contributed by atoms with Gasteiger partial charge in [0.2, 0.25) is 6.10 Å². The molecule has 8 heteroatoms. The van der Waals surface area contributed by atoms with Gasteiger partial charge in [-0.1, -0.05) is 54.6 Å². The maximum Gasteiger partial charge on any atom is 0.330 e. The number of ether oxygens (including phenoxy) is 2. The van der Waals surface area contributed by atoms with Crippen LogP contribution in [0.3, 0.4) is 0 Å². The van der Waals surface area contributed by atoms with Crippen LogP contribution < -0.4 is 10.1 Å². The Morgan fingerprint density at radius 1 is 0.857 bits per heavy atom. The lowest BCUT2D eigenvalue weighted by Gasteiger charge is -2.24. The number of anilines is 1. The molecule has 35 heavy (non-hydrogen) atoms. The number of carbonyl (C=O) groups is 4. The van der Waals surface area contributed by atoms with E-state index in [1.807, 2.05) is 6.92 Å². The molecule has 0 aromatic heterocycles. The summed E-state index contributed by atoms with van der Waals surface area (Å²) < 4.78 is 11.2. The first-order valence-electron chi connectivity index (χ1n) is 11.2. The summed E-state index contributed by atoms with van der Waals surface area (Å²) in [4.78, 5) is 52.8. The smallest absolute Gasteiger partial charge is 0.330 e. The van der Waals surface area contributed by atoms with E-state index in [0.29, 0.717) is 23.6 Å². The van der Waals surface area contributed by atoms with Gasteiger partial charge >= 0.3 is 5.97 Å². The van der Waals surface area contributed by atoms with E-state index >= 15 is 0 Å². The van der Waals surface area contributed by atoms with Crippen LogP contribution in [0.25, 0.3) is 0 Å². The number of benzene rings is 3. The van der Waals surface area contributed by atoms with Crippen molar-refractivity contribution in [1.29, 1.82) is 0 Å². The SMILES string of the molecule is CCOc1ccccc1NC(=O)[C@H](OC(=O)[C@@H](C)N1C(=O)c2ccccc2C1=O)c1ccccc1. The summed E-state index contributed by atoms with van der Waals surface area (Å²) in [6.07, 6.45) is -1.32. The van der Waals surface area contributed by atoms with Gasteiger partial charge in [0.05, 0.1) is 23.4 Å². The minimum Gasteiger partial charge on any atom is -0.492 e. The third-order valence-electron chi connectivity index (χ3n) is 5.57. The molecule has 8 nitrogen and oxygen atoms in total. The number of nitrogens with one attached hydrogen (secondary N) is 1.